The lowest BCUT2D eigenvalue weighted by molar-refractivity contribution is -0.130. The third kappa shape index (κ3) is 4.27. The van der Waals surface area contributed by atoms with E-state index in [1.54, 1.807) is 20.3 Å². The highest BCUT2D eigenvalue weighted by Gasteiger charge is 2.16. The molecule has 0 aliphatic carbocycles. The number of amides is 1. The van der Waals surface area contributed by atoms with Gasteiger partial charge in [0.1, 0.15) is 17.3 Å². The number of hydrogen-bond acceptors (Lipinski definition) is 4. The van der Waals surface area contributed by atoms with Crippen molar-refractivity contribution >= 4 is 16.9 Å². The zero-order valence-electron chi connectivity index (χ0n) is 16.9. The smallest absolute Gasteiger partial charge is 0.227 e. The predicted molar refractivity (Wildman–Crippen MR) is 110 cm³/mol. The third-order valence-electron chi connectivity index (χ3n) is 4.95. The van der Waals surface area contributed by atoms with Crippen molar-refractivity contribution in [3.05, 3.63) is 53.3 Å². The van der Waals surface area contributed by atoms with Crippen LogP contribution in [-0.2, 0) is 17.6 Å². The van der Waals surface area contributed by atoms with Crippen LogP contribution in [0.25, 0.3) is 11.0 Å². The van der Waals surface area contributed by atoms with Crippen molar-refractivity contribution in [1.29, 1.82) is 0 Å². The molecular formula is C22H27N3O3. The zero-order valence-corrected chi connectivity index (χ0v) is 16.9. The van der Waals surface area contributed by atoms with E-state index in [0.29, 0.717) is 37.4 Å². The van der Waals surface area contributed by atoms with E-state index in [1.165, 1.54) is 0 Å². The second kappa shape index (κ2) is 8.78. The number of H-pyrrole nitrogens is 1. The van der Waals surface area contributed by atoms with E-state index in [2.05, 4.69) is 23.0 Å². The number of carbonyl (C=O) groups is 1. The van der Waals surface area contributed by atoms with Crippen LogP contribution in [0.15, 0.2) is 36.4 Å². The van der Waals surface area contributed by atoms with E-state index >= 15 is 0 Å². The van der Waals surface area contributed by atoms with Crippen molar-refractivity contribution < 1.29 is 14.3 Å². The van der Waals surface area contributed by atoms with Gasteiger partial charge in [0.15, 0.2) is 0 Å². The average molecular weight is 381 g/mol. The molecular weight excluding hydrogens is 354 g/mol. The summed E-state index contributed by atoms with van der Waals surface area (Å²) in [7, 11) is 3.21. The highest BCUT2D eigenvalue weighted by Crippen LogP contribution is 2.25. The monoisotopic (exact) mass is 381 g/mol. The number of nitrogens with one attached hydrogen (secondary N) is 1. The van der Waals surface area contributed by atoms with Gasteiger partial charge in [-0.25, -0.2) is 4.98 Å². The number of likely N-dealkylation sites (N-methyl/N-ethyl adjacent to an activating group) is 1. The fraction of sp³-hybridized carbons (Fsp3) is 0.364. The molecule has 2 aromatic carbocycles. The number of imidazole rings is 1. The summed E-state index contributed by atoms with van der Waals surface area (Å²) in [6.07, 6.45) is 0.980. The Morgan fingerprint density at radius 3 is 2.68 bits per heavy atom. The molecule has 0 saturated carbocycles. The molecule has 0 unspecified atom stereocenters. The molecule has 1 amide bonds. The number of para-hydroxylation sites is 1. The molecule has 0 saturated heterocycles. The lowest BCUT2D eigenvalue weighted by Gasteiger charge is -2.21. The van der Waals surface area contributed by atoms with Crippen LogP contribution >= 0.6 is 0 Å². The van der Waals surface area contributed by atoms with Gasteiger partial charge in [-0.1, -0.05) is 18.2 Å². The Bertz CT molecular complexity index is 965. The number of nitrogens with zero attached hydrogens (tertiary/aromatic N) is 2. The topological polar surface area (TPSA) is 67.5 Å². The zero-order chi connectivity index (χ0) is 20.1. The number of ether oxygens (including phenoxy) is 2. The first-order chi connectivity index (χ1) is 13.5. The molecule has 6 nitrogen and oxygen atoms in total. The van der Waals surface area contributed by atoms with Gasteiger partial charge in [0.25, 0.3) is 0 Å². The van der Waals surface area contributed by atoms with Crippen LogP contribution in [0.1, 0.15) is 23.9 Å². The first-order valence-electron chi connectivity index (χ1n) is 9.48. The highest BCUT2D eigenvalue weighted by atomic mass is 16.5. The van der Waals surface area contributed by atoms with Gasteiger partial charge in [-0.15, -0.1) is 0 Å². The lowest BCUT2D eigenvalue weighted by Crippen LogP contribution is -2.34. The van der Waals surface area contributed by atoms with E-state index in [4.69, 9.17) is 9.47 Å². The summed E-state index contributed by atoms with van der Waals surface area (Å²) in [6, 6.07) is 11.6. The standard InChI is InChI=1S/C22H27N3O3/c1-5-25(12-11-20-23-18-8-6-7-15(2)22(18)24-20)21(26)13-16-9-10-17(27-3)14-19(16)28-4/h6-10,14H,5,11-13H2,1-4H3,(H,23,24). The molecule has 0 radical (unpaired) electrons. The first kappa shape index (κ1) is 19.7. The maximum atomic E-state index is 12.8. The SMILES string of the molecule is CCN(CCc1nc2c(C)cccc2[nH]1)C(=O)Cc1ccc(OC)cc1OC. The Kier molecular flexibility index (Phi) is 6.19. The van der Waals surface area contributed by atoms with Crippen molar-refractivity contribution in [3.63, 3.8) is 0 Å². The molecule has 148 valence electrons. The Hall–Kier alpha value is -3.02. The molecule has 1 aromatic heterocycles. The summed E-state index contributed by atoms with van der Waals surface area (Å²) < 4.78 is 10.6. The number of methoxy groups -OCH3 is 2. The van der Waals surface area contributed by atoms with E-state index in [1.807, 2.05) is 36.1 Å². The molecule has 6 heteroatoms. The van der Waals surface area contributed by atoms with E-state index in [9.17, 15) is 4.79 Å². The quantitative estimate of drug-likeness (QED) is 0.648. The maximum Gasteiger partial charge on any atom is 0.227 e. The van der Waals surface area contributed by atoms with Gasteiger partial charge < -0.3 is 19.4 Å². The molecule has 0 atom stereocenters. The summed E-state index contributed by atoms with van der Waals surface area (Å²) in [4.78, 5) is 22.7. The van der Waals surface area contributed by atoms with Gasteiger partial charge >= 0.3 is 0 Å². The lowest BCUT2D eigenvalue weighted by atomic mass is 10.1. The van der Waals surface area contributed by atoms with Crippen molar-refractivity contribution in [3.8, 4) is 11.5 Å². The van der Waals surface area contributed by atoms with Gasteiger partial charge in [-0.3, -0.25) is 4.79 Å². The normalized spacial score (nSPS) is 10.9. The molecule has 1 heterocycles. The minimum absolute atomic E-state index is 0.0678. The Balaban J connectivity index is 1.67. The number of hydrogen-bond donors (Lipinski definition) is 1. The number of fused-ring (bicyclic) bond motifs is 1. The van der Waals surface area contributed by atoms with Crippen LogP contribution < -0.4 is 9.47 Å². The van der Waals surface area contributed by atoms with Crippen molar-refractivity contribution in [2.24, 2.45) is 0 Å². The van der Waals surface area contributed by atoms with Crippen molar-refractivity contribution in [2.45, 2.75) is 26.7 Å². The summed E-state index contributed by atoms with van der Waals surface area (Å²) in [6.45, 7) is 5.31. The van der Waals surface area contributed by atoms with Crippen LogP contribution in [0.3, 0.4) is 0 Å². The number of aryl methyl sites for hydroxylation is 1. The molecule has 3 rings (SSSR count). The number of benzene rings is 2. The van der Waals surface area contributed by atoms with E-state index in [0.717, 1.165) is 28.0 Å². The van der Waals surface area contributed by atoms with Crippen molar-refractivity contribution in [2.75, 3.05) is 27.3 Å². The van der Waals surface area contributed by atoms with Gasteiger partial charge in [0.05, 0.1) is 31.7 Å². The number of aromatic amines is 1. The second-order valence-corrected chi connectivity index (χ2v) is 6.73. The van der Waals surface area contributed by atoms with Crippen LogP contribution in [0, 0.1) is 6.92 Å². The van der Waals surface area contributed by atoms with E-state index < -0.39 is 0 Å². The van der Waals surface area contributed by atoms with Gasteiger partial charge in [0.2, 0.25) is 5.91 Å². The molecule has 1 N–H and O–H groups in total. The Morgan fingerprint density at radius 1 is 1.18 bits per heavy atom. The summed E-state index contributed by atoms with van der Waals surface area (Å²) in [5, 5.41) is 0. The fourth-order valence-corrected chi connectivity index (χ4v) is 3.32. The minimum Gasteiger partial charge on any atom is -0.497 e. The van der Waals surface area contributed by atoms with Crippen LogP contribution in [0.4, 0.5) is 0 Å². The van der Waals surface area contributed by atoms with E-state index in [-0.39, 0.29) is 5.91 Å². The summed E-state index contributed by atoms with van der Waals surface area (Å²) in [5.41, 5.74) is 4.03. The largest absolute Gasteiger partial charge is 0.497 e. The van der Waals surface area contributed by atoms with Crippen LogP contribution in [0.2, 0.25) is 0 Å². The van der Waals surface area contributed by atoms with Crippen LogP contribution in [0.5, 0.6) is 11.5 Å². The van der Waals surface area contributed by atoms with Gasteiger partial charge in [-0.05, 0) is 31.5 Å². The summed E-state index contributed by atoms with van der Waals surface area (Å²) in [5.74, 6) is 2.34. The first-order valence-corrected chi connectivity index (χ1v) is 9.48. The molecule has 3 aromatic rings. The number of rotatable bonds is 8. The third-order valence-corrected chi connectivity index (χ3v) is 4.95. The second-order valence-electron chi connectivity index (χ2n) is 6.73. The van der Waals surface area contributed by atoms with Crippen molar-refractivity contribution in [1.82, 2.24) is 14.9 Å². The predicted octanol–water partition coefficient (Wildman–Crippen LogP) is 3.52. The highest BCUT2D eigenvalue weighted by molar-refractivity contribution is 5.80. The Morgan fingerprint density at radius 2 is 2.00 bits per heavy atom. The molecule has 0 bridgehead atoms. The van der Waals surface area contributed by atoms with Gasteiger partial charge in [-0.2, -0.15) is 0 Å². The number of carbonyl (C=O) groups excluding carboxylic acids is 1. The molecule has 28 heavy (non-hydrogen) atoms. The Labute approximate surface area is 165 Å². The fourth-order valence-electron chi connectivity index (χ4n) is 3.32. The molecule has 0 spiro atoms. The summed E-state index contributed by atoms with van der Waals surface area (Å²) >= 11 is 0. The number of aromatic nitrogens is 2. The average Bonchev–Trinajstić information content (AvgIpc) is 3.13. The molecule has 0 aliphatic rings. The van der Waals surface area contributed by atoms with Gasteiger partial charge in [0, 0.05) is 31.1 Å². The minimum atomic E-state index is 0.0678. The van der Waals surface area contributed by atoms with Crippen LogP contribution in [-0.4, -0.2) is 48.1 Å². The maximum absolute atomic E-state index is 12.8. The molecule has 0 fully saturated rings. The molecule has 0 aliphatic heterocycles.